The molecule has 0 aliphatic rings. The highest BCUT2D eigenvalue weighted by molar-refractivity contribution is 5.81. The van der Waals surface area contributed by atoms with Crippen LogP contribution in [0.15, 0.2) is 18.2 Å². The maximum absolute atomic E-state index is 9.44. The van der Waals surface area contributed by atoms with E-state index in [1.54, 1.807) is 0 Å². The van der Waals surface area contributed by atoms with Gasteiger partial charge in [0, 0.05) is 11.3 Å². The smallest absolute Gasteiger partial charge is 0.142 e. The van der Waals surface area contributed by atoms with Crippen LogP contribution in [-0.4, -0.2) is 4.98 Å². The highest BCUT2D eigenvalue weighted by Gasteiger charge is 2.17. The molecule has 1 aromatic heterocycles. The lowest BCUT2D eigenvalue weighted by molar-refractivity contribution is 1.01. The Bertz CT molecular complexity index is 708. The fourth-order valence-corrected chi connectivity index (χ4v) is 2.54. The van der Waals surface area contributed by atoms with E-state index in [0.29, 0.717) is 11.4 Å². The number of nitrogens with zero attached hydrogens (tertiary/aromatic N) is 2. The van der Waals surface area contributed by atoms with Crippen molar-refractivity contribution in [3.8, 4) is 17.2 Å². The number of benzene rings is 1. The molecular weight excluding hydrogens is 246 g/mol. The third kappa shape index (κ3) is 2.25. The maximum Gasteiger partial charge on any atom is 0.142 e. The summed E-state index contributed by atoms with van der Waals surface area (Å²) in [6.45, 7) is 8.17. The second kappa shape index (κ2) is 5.34. The fourth-order valence-electron chi connectivity index (χ4n) is 2.54. The van der Waals surface area contributed by atoms with Gasteiger partial charge in [0.15, 0.2) is 0 Å². The van der Waals surface area contributed by atoms with E-state index in [1.165, 1.54) is 5.56 Å². The molecule has 2 aromatic rings. The molecule has 1 heterocycles. The van der Waals surface area contributed by atoms with E-state index in [9.17, 15) is 5.26 Å². The van der Waals surface area contributed by atoms with Gasteiger partial charge in [-0.05, 0) is 43.9 Å². The third-order valence-corrected chi connectivity index (χ3v) is 3.68. The second-order valence-corrected chi connectivity index (χ2v) is 5.10. The molecular formula is C17H19N3. The first-order valence-corrected chi connectivity index (χ1v) is 6.76. The molecule has 0 bridgehead atoms. The molecule has 2 N–H and O–H groups in total. The molecule has 3 heteroatoms. The van der Waals surface area contributed by atoms with Crippen molar-refractivity contribution in [2.75, 3.05) is 5.73 Å². The van der Waals surface area contributed by atoms with Crippen molar-refractivity contribution in [2.24, 2.45) is 0 Å². The first kappa shape index (κ1) is 14.1. The Morgan fingerprint density at radius 3 is 2.55 bits per heavy atom. The minimum absolute atomic E-state index is 0.325. The average molecular weight is 265 g/mol. The molecule has 2 rings (SSSR count). The van der Waals surface area contributed by atoms with Crippen molar-refractivity contribution >= 4 is 5.82 Å². The molecule has 0 spiro atoms. The van der Waals surface area contributed by atoms with Crippen molar-refractivity contribution in [3.63, 3.8) is 0 Å². The molecule has 0 aliphatic carbocycles. The molecule has 0 unspecified atom stereocenters. The highest BCUT2D eigenvalue weighted by Crippen LogP contribution is 2.34. The Morgan fingerprint density at radius 1 is 1.25 bits per heavy atom. The van der Waals surface area contributed by atoms with E-state index in [2.05, 4.69) is 43.1 Å². The summed E-state index contributed by atoms with van der Waals surface area (Å²) >= 11 is 0. The highest BCUT2D eigenvalue weighted by atomic mass is 14.8. The largest absolute Gasteiger partial charge is 0.383 e. The van der Waals surface area contributed by atoms with Crippen LogP contribution in [-0.2, 0) is 6.42 Å². The minimum atomic E-state index is 0.325. The van der Waals surface area contributed by atoms with Gasteiger partial charge in [0.1, 0.15) is 17.5 Å². The Balaban J connectivity index is 2.88. The van der Waals surface area contributed by atoms with Crippen molar-refractivity contribution in [2.45, 2.75) is 34.1 Å². The van der Waals surface area contributed by atoms with Gasteiger partial charge in [-0.1, -0.05) is 30.7 Å². The van der Waals surface area contributed by atoms with Gasteiger partial charge in [0.05, 0.1) is 0 Å². The number of anilines is 1. The predicted molar refractivity (Wildman–Crippen MR) is 82.4 cm³/mol. The molecule has 3 nitrogen and oxygen atoms in total. The molecule has 0 saturated heterocycles. The van der Waals surface area contributed by atoms with Crippen LogP contribution in [0.1, 0.15) is 34.9 Å². The third-order valence-electron chi connectivity index (χ3n) is 3.68. The summed E-state index contributed by atoms with van der Waals surface area (Å²) in [5.41, 5.74) is 12.8. The molecule has 0 atom stereocenters. The zero-order valence-electron chi connectivity index (χ0n) is 12.4. The molecule has 0 amide bonds. The molecule has 1 aromatic carbocycles. The Kier molecular flexibility index (Phi) is 3.76. The summed E-state index contributed by atoms with van der Waals surface area (Å²) in [5, 5.41) is 9.44. The van der Waals surface area contributed by atoms with Gasteiger partial charge < -0.3 is 5.73 Å². The van der Waals surface area contributed by atoms with Gasteiger partial charge in [-0.3, -0.25) is 0 Å². The van der Waals surface area contributed by atoms with Gasteiger partial charge in [-0.25, -0.2) is 4.98 Å². The normalized spacial score (nSPS) is 10.3. The quantitative estimate of drug-likeness (QED) is 0.900. The molecule has 0 fully saturated rings. The van der Waals surface area contributed by atoms with Crippen LogP contribution in [0.4, 0.5) is 5.82 Å². The summed E-state index contributed by atoms with van der Waals surface area (Å²) in [6, 6.07) is 8.47. The van der Waals surface area contributed by atoms with Gasteiger partial charge in [-0.15, -0.1) is 0 Å². The molecule has 0 saturated carbocycles. The van der Waals surface area contributed by atoms with E-state index in [1.807, 2.05) is 13.8 Å². The second-order valence-electron chi connectivity index (χ2n) is 5.10. The summed E-state index contributed by atoms with van der Waals surface area (Å²) in [5.74, 6) is 0.325. The van der Waals surface area contributed by atoms with Crippen LogP contribution in [0, 0.1) is 32.1 Å². The average Bonchev–Trinajstić information content (AvgIpc) is 2.43. The number of nitrogen functional groups attached to an aromatic ring is 1. The number of aromatic nitrogens is 1. The first-order chi connectivity index (χ1) is 9.49. The van der Waals surface area contributed by atoms with Crippen molar-refractivity contribution < 1.29 is 0 Å². The number of nitrogens with two attached hydrogens (primary N) is 1. The van der Waals surface area contributed by atoms with Crippen LogP contribution in [0.3, 0.4) is 0 Å². The van der Waals surface area contributed by atoms with E-state index >= 15 is 0 Å². The van der Waals surface area contributed by atoms with E-state index in [4.69, 9.17) is 5.73 Å². The summed E-state index contributed by atoms with van der Waals surface area (Å²) < 4.78 is 0. The lowest BCUT2D eigenvalue weighted by Gasteiger charge is -2.16. The van der Waals surface area contributed by atoms with Crippen molar-refractivity contribution in [1.82, 2.24) is 4.98 Å². The summed E-state index contributed by atoms with van der Waals surface area (Å²) in [4.78, 5) is 4.36. The van der Waals surface area contributed by atoms with E-state index in [-0.39, 0.29) is 0 Å². The van der Waals surface area contributed by atoms with Crippen molar-refractivity contribution in [3.05, 3.63) is 46.1 Å². The standard InChI is InChI=1S/C17H19N3/c1-5-15-12(4)16(14(9-18)17(19)20-15)13-8-10(2)6-7-11(13)3/h6-8H,5H2,1-4H3,(H2,19,20). The zero-order chi connectivity index (χ0) is 14.9. The number of rotatable bonds is 2. The Hall–Kier alpha value is -2.34. The lowest BCUT2D eigenvalue weighted by Crippen LogP contribution is -2.05. The zero-order valence-corrected chi connectivity index (χ0v) is 12.4. The molecule has 0 radical (unpaired) electrons. The molecule has 0 aliphatic heterocycles. The van der Waals surface area contributed by atoms with Gasteiger partial charge in [0.25, 0.3) is 0 Å². The number of pyridine rings is 1. The predicted octanol–water partition coefficient (Wildman–Crippen LogP) is 3.69. The van der Waals surface area contributed by atoms with E-state index < -0.39 is 0 Å². The fraction of sp³-hybridized carbons (Fsp3) is 0.294. The van der Waals surface area contributed by atoms with Crippen LogP contribution in [0.5, 0.6) is 0 Å². The van der Waals surface area contributed by atoms with Gasteiger partial charge in [-0.2, -0.15) is 5.26 Å². The van der Waals surface area contributed by atoms with Crippen LogP contribution in [0.25, 0.3) is 11.1 Å². The van der Waals surface area contributed by atoms with Crippen molar-refractivity contribution in [1.29, 1.82) is 5.26 Å². The summed E-state index contributed by atoms with van der Waals surface area (Å²) in [7, 11) is 0. The maximum atomic E-state index is 9.44. The number of hydrogen-bond donors (Lipinski definition) is 1. The number of aryl methyl sites for hydroxylation is 3. The van der Waals surface area contributed by atoms with Crippen LogP contribution in [0.2, 0.25) is 0 Å². The number of hydrogen-bond acceptors (Lipinski definition) is 3. The van der Waals surface area contributed by atoms with Gasteiger partial charge in [0.2, 0.25) is 0 Å². The Morgan fingerprint density at radius 2 is 1.95 bits per heavy atom. The Labute approximate surface area is 120 Å². The molecule has 102 valence electrons. The SMILES string of the molecule is CCc1nc(N)c(C#N)c(-c2cc(C)ccc2C)c1C. The monoisotopic (exact) mass is 265 g/mol. The van der Waals surface area contributed by atoms with Crippen LogP contribution < -0.4 is 5.73 Å². The topological polar surface area (TPSA) is 62.7 Å². The van der Waals surface area contributed by atoms with Gasteiger partial charge >= 0.3 is 0 Å². The number of nitriles is 1. The molecule has 20 heavy (non-hydrogen) atoms. The first-order valence-electron chi connectivity index (χ1n) is 6.76. The lowest BCUT2D eigenvalue weighted by atomic mass is 9.90. The minimum Gasteiger partial charge on any atom is -0.383 e. The van der Waals surface area contributed by atoms with E-state index in [0.717, 1.165) is 34.4 Å². The van der Waals surface area contributed by atoms with Crippen LogP contribution >= 0.6 is 0 Å². The summed E-state index contributed by atoms with van der Waals surface area (Å²) in [6.07, 6.45) is 0.805.